The van der Waals surface area contributed by atoms with Crippen molar-refractivity contribution in [2.75, 3.05) is 0 Å². The van der Waals surface area contributed by atoms with E-state index in [1.807, 2.05) is 22.9 Å². The van der Waals surface area contributed by atoms with Crippen LogP contribution in [0.25, 0.3) is 16.8 Å². The highest BCUT2D eigenvalue weighted by Crippen LogP contribution is 2.41. The lowest BCUT2D eigenvalue weighted by Crippen LogP contribution is -2.38. The minimum absolute atomic E-state index is 0.623. The van der Waals surface area contributed by atoms with Crippen LogP contribution >= 0.6 is 15.9 Å². The molecule has 0 aliphatic heterocycles. The second kappa shape index (κ2) is 8.43. The molecule has 3 aromatic carbocycles. The SMILES string of the molecule is Brc1cnc2ccc(-c3cnn(C(c4ccccc4)(c4ccccc4)c4ccccc4)c3)cn12. The molecule has 0 N–H and O–H groups in total. The molecule has 3 heterocycles. The molecule has 5 heteroatoms. The number of nitrogens with zero attached hydrogens (tertiary/aromatic N) is 4. The van der Waals surface area contributed by atoms with Gasteiger partial charge in [-0.05, 0) is 44.8 Å². The molecule has 3 aromatic heterocycles. The minimum Gasteiger partial charge on any atom is -0.294 e. The highest BCUT2D eigenvalue weighted by Gasteiger charge is 2.39. The molecule has 0 unspecified atom stereocenters. The van der Waals surface area contributed by atoms with E-state index in [9.17, 15) is 0 Å². The number of benzene rings is 3. The summed E-state index contributed by atoms with van der Waals surface area (Å²) >= 11 is 3.58. The van der Waals surface area contributed by atoms with E-state index in [-0.39, 0.29) is 0 Å². The molecule has 0 radical (unpaired) electrons. The predicted molar refractivity (Wildman–Crippen MR) is 139 cm³/mol. The molecule has 6 rings (SSSR count). The zero-order valence-corrected chi connectivity index (χ0v) is 19.9. The molecule has 0 amide bonds. The lowest BCUT2D eigenvalue weighted by Gasteiger charge is -2.36. The number of fused-ring (bicyclic) bond motifs is 1. The Hall–Kier alpha value is -3.96. The molecule has 4 nitrogen and oxygen atoms in total. The average Bonchev–Trinajstić information content (AvgIpc) is 3.54. The number of halogens is 1. The summed E-state index contributed by atoms with van der Waals surface area (Å²) in [6, 6.07) is 35.9. The van der Waals surface area contributed by atoms with Crippen LogP contribution in [0.1, 0.15) is 16.7 Å². The first-order valence-electron chi connectivity index (χ1n) is 11.1. The molecule has 34 heavy (non-hydrogen) atoms. The van der Waals surface area contributed by atoms with Gasteiger partial charge in [-0.1, -0.05) is 91.0 Å². The molecular formula is C29H21BrN4. The molecule has 0 aliphatic carbocycles. The second-order valence-corrected chi connectivity index (χ2v) is 9.02. The Labute approximate surface area is 206 Å². The van der Waals surface area contributed by atoms with Crippen molar-refractivity contribution < 1.29 is 0 Å². The van der Waals surface area contributed by atoms with E-state index in [2.05, 4.69) is 135 Å². The maximum absolute atomic E-state index is 4.96. The van der Waals surface area contributed by atoms with Crippen LogP contribution in [0.4, 0.5) is 0 Å². The summed E-state index contributed by atoms with van der Waals surface area (Å²) < 4.78 is 5.05. The molecule has 0 saturated carbocycles. The first kappa shape index (κ1) is 20.6. The topological polar surface area (TPSA) is 35.1 Å². The van der Waals surface area contributed by atoms with Gasteiger partial charge in [0.25, 0.3) is 0 Å². The Morgan fingerprint density at radius 1 is 0.588 bits per heavy atom. The van der Waals surface area contributed by atoms with E-state index in [0.717, 1.165) is 38.1 Å². The van der Waals surface area contributed by atoms with Crippen molar-refractivity contribution in [2.45, 2.75) is 5.54 Å². The number of hydrogen-bond donors (Lipinski definition) is 0. The van der Waals surface area contributed by atoms with Gasteiger partial charge in [-0.2, -0.15) is 5.10 Å². The van der Waals surface area contributed by atoms with E-state index in [4.69, 9.17) is 5.10 Å². The molecule has 6 aromatic rings. The van der Waals surface area contributed by atoms with Crippen LogP contribution in [-0.4, -0.2) is 19.2 Å². The van der Waals surface area contributed by atoms with Gasteiger partial charge in [-0.15, -0.1) is 0 Å². The average molecular weight is 505 g/mol. The van der Waals surface area contributed by atoms with Gasteiger partial charge in [0, 0.05) is 23.5 Å². The Morgan fingerprint density at radius 2 is 1.15 bits per heavy atom. The van der Waals surface area contributed by atoms with E-state index in [1.54, 1.807) is 0 Å². The molecule has 0 aliphatic rings. The van der Waals surface area contributed by atoms with Crippen LogP contribution in [0.2, 0.25) is 0 Å². The maximum Gasteiger partial charge on any atom is 0.138 e. The van der Waals surface area contributed by atoms with Crippen molar-refractivity contribution >= 4 is 21.6 Å². The van der Waals surface area contributed by atoms with Crippen molar-refractivity contribution in [3.8, 4) is 11.1 Å². The van der Waals surface area contributed by atoms with Crippen LogP contribution < -0.4 is 0 Å². The minimum atomic E-state index is -0.623. The Bertz CT molecular complexity index is 1460. The smallest absolute Gasteiger partial charge is 0.138 e. The standard InChI is InChI=1S/C29H21BrN4/c30-27-19-31-28-17-16-22(20-33(27)28)23-18-32-34(21-23)29(24-10-4-1-5-11-24,25-12-6-2-7-13-25)26-14-8-3-9-15-26/h1-21H. The van der Waals surface area contributed by atoms with Gasteiger partial charge in [0.05, 0.1) is 12.4 Å². The van der Waals surface area contributed by atoms with E-state index in [1.165, 1.54) is 0 Å². The fourth-order valence-corrected chi connectivity index (χ4v) is 5.10. The largest absolute Gasteiger partial charge is 0.294 e. The van der Waals surface area contributed by atoms with Crippen LogP contribution in [0.15, 0.2) is 133 Å². The summed E-state index contributed by atoms with van der Waals surface area (Å²) in [4.78, 5) is 4.41. The Kier molecular flexibility index (Phi) is 5.12. The summed E-state index contributed by atoms with van der Waals surface area (Å²) in [5.41, 5.74) is 5.83. The second-order valence-electron chi connectivity index (χ2n) is 8.21. The Balaban J connectivity index is 1.61. The summed E-state index contributed by atoms with van der Waals surface area (Å²) in [5, 5.41) is 4.96. The van der Waals surface area contributed by atoms with E-state index >= 15 is 0 Å². The van der Waals surface area contributed by atoms with Crippen molar-refractivity contribution in [1.29, 1.82) is 0 Å². The summed E-state index contributed by atoms with van der Waals surface area (Å²) in [6.07, 6.45) is 7.98. The number of rotatable bonds is 5. The van der Waals surface area contributed by atoms with E-state index < -0.39 is 5.54 Å². The van der Waals surface area contributed by atoms with Crippen molar-refractivity contribution in [1.82, 2.24) is 19.2 Å². The highest BCUT2D eigenvalue weighted by atomic mass is 79.9. The van der Waals surface area contributed by atoms with E-state index in [0.29, 0.717) is 0 Å². The van der Waals surface area contributed by atoms with Crippen LogP contribution in [0.5, 0.6) is 0 Å². The Morgan fingerprint density at radius 3 is 1.71 bits per heavy atom. The number of imidazole rings is 1. The maximum atomic E-state index is 4.96. The predicted octanol–water partition coefficient (Wildman–Crippen LogP) is 6.80. The lowest BCUT2D eigenvalue weighted by molar-refractivity contribution is 0.460. The first-order chi connectivity index (χ1) is 16.8. The van der Waals surface area contributed by atoms with Crippen molar-refractivity contribution in [3.05, 3.63) is 149 Å². The highest BCUT2D eigenvalue weighted by molar-refractivity contribution is 9.10. The summed E-state index contributed by atoms with van der Waals surface area (Å²) in [7, 11) is 0. The van der Waals surface area contributed by atoms with Crippen molar-refractivity contribution in [2.24, 2.45) is 0 Å². The number of aromatic nitrogens is 4. The van der Waals surface area contributed by atoms with Gasteiger partial charge in [-0.3, -0.25) is 9.08 Å². The summed E-state index contributed by atoms with van der Waals surface area (Å²) in [5.74, 6) is 0. The van der Waals surface area contributed by atoms with Gasteiger partial charge in [0.15, 0.2) is 0 Å². The number of hydrogen-bond acceptors (Lipinski definition) is 2. The molecule has 0 bridgehead atoms. The quantitative estimate of drug-likeness (QED) is 0.242. The molecule has 0 fully saturated rings. The normalized spacial score (nSPS) is 11.7. The molecule has 0 spiro atoms. The van der Waals surface area contributed by atoms with Crippen molar-refractivity contribution in [3.63, 3.8) is 0 Å². The van der Waals surface area contributed by atoms with Gasteiger partial charge >= 0.3 is 0 Å². The van der Waals surface area contributed by atoms with Crippen LogP contribution in [-0.2, 0) is 5.54 Å². The third-order valence-corrected chi connectivity index (χ3v) is 6.88. The first-order valence-corrected chi connectivity index (χ1v) is 11.9. The zero-order chi connectivity index (χ0) is 23.0. The fraction of sp³-hybridized carbons (Fsp3) is 0.0345. The molecule has 0 atom stereocenters. The third-order valence-electron chi connectivity index (χ3n) is 6.29. The van der Waals surface area contributed by atoms with Crippen LogP contribution in [0.3, 0.4) is 0 Å². The molecule has 164 valence electrons. The van der Waals surface area contributed by atoms with Gasteiger partial charge in [0.1, 0.15) is 15.8 Å². The fourth-order valence-electron chi connectivity index (χ4n) is 4.71. The third kappa shape index (κ3) is 3.28. The number of pyridine rings is 1. The van der Waals surface area contributed by atoms with Gasteiger partial charge < -0.3 is 0 Å². The van der Waals surface area contributed by atoms with Gasteiger partial charge in [-0.25, -0.2) is 4.98 Å². The molecular weight excluding hydrogens is 484 g/mol. The lowest BCUT2D eigenvalue weighted by atomic mass is 9.77. The zero-order valence-electron chi connectivity index (χ0n) is 18.3. The summed E-state index contributed by atoms with van der Waals surface area (Å²) in [6.45, 7) is 0. The molecule has 0 saturated heterocycles. The van der Waals surface area contributed by atoms with Gasteiger partial charge in [0.2, 0.25) is 0 Å². The van der Waals surface area contributed by atoms with Crippen LogP contribution in [0, 0.1) is 0 Å². The monoisotopic (exact) mass is 504 g/mol.